The van der Waals surface area contributed by atoms with E-state index in [9.17, 15) is 4.79 Å². The SMILES string of the molecule is Cn1c(Cc2ccccc2)nnc1SCCCC(=O)c1ccc(Br)cc1. The number of halogens is 1. The maximum atomic E-state index is 12.2. The molecule has 0 radical (unpaired) electrons. The molecule has 3 rings (SSSR count). The summed E-state index contributed by atoms with van der Waals surface area (Å²) in [4.78, 5) is 12.2. The Morgan fingerprint density at radius 1 is 1.08 bits per heavy atom. The van der Waals surface area contributed by atoms with E-state index in [1.54, 1.807) is 11.8 Å². The lowest BCUT2D eigenvalue weighted by molar-refractivity contribution is 0.0982. The minimum Gasteiger partial charge on any atom is -0.309 e. The van der Waals surface area contributed by atoms with Gasteiger partial charge in [-0.3, -0.25) is 4.79 Å². The minimum absolute atomic E-state index is 0.181. The second-order valence-corrected chi connectivity index (χ2v) is 7.98. The van der Waals surface area contributed by atoms with Crippen LogP contribution >= 0.6 is 27.7 Å². The lowest BCUT2D eigenvalue weighted by atomic mass is 10.1. The highest BCUT2D eigenvalue weighted by Crippen LogP contribution is 2.20. The van der Waals surface area contributed by atoms with Gasteiger partial charge in [0.15, 0.2) is 10.9 Å². The summed E-state index contributed by atoms with van der Waals surface area (Å²) in [5.41, 5.74) is 1.99. The van der Waals surface area contributed by atoms with Gasteiger partial charge < -0.3 is 4.57 Å². The highest BCUT2D eigenvalue weighted by Gasteiger charge is 2.11. The number of carbonyl (C=O) groups is 1. The highest BCUT2D eigenvalue weighted by molar-refractivity contribution is 9.10. The molecule has 0 bridgehead atoms. The van der Waals surface area contributed by atoms with Crippen LogP contribution in [-0.2, 0) is 13.5 Å². The molecule has 4 nitrogen and oxygen atoms in total. The predicted octanol–water partition coefficient (Wildman–Crippen LogP) is 4.92. The molecule has 0 saturated heterocycles. The van der Waals surface area contributed by atoms with E-state index < -0.39 is 0 Å². The van der Waals surface area contributed by atoms with Crippen molar-refractivity contribution in [3.05, 3.63) is 76.0 Å². The zero-order chi connectivity index (χ0) is 18.4. The van der Waals surface area contributed by atoms with E-state index in [1.165, 1.54) is 5.56 Å². The maximum absolute atomic E-state index is 12.2. The molecule has 0 aliphatic carbocycles. The number of carbonyl (C=O) groups excluding carboxylic acids is 1. The fourth-order valence-electron chi connectivity index (χ4n) is 2.58. The molecule has 1 aromatic heterocycles. The second kappa shape index (κ2) is 9.14. The molecule has 1 heterocycles. The maximum Gasteiger partial charge on any atom is 0.190 e. The van der Waals surface area contributed by atoms with E-state index in [2.05, 4.69) is 38.3 Å². The smallest absolute Gasteiger partial charge is 0.190 e. The van der Waals surface area contributed by atoms with Crippen LogP contribution in [0.1, 0.15) is 34.6 Å². The normalized spacial score (nSPS) is 10.8. The van der Waals surface area contributed by atoms with Crippen LogP contribution in [0.5, 0.6) is 0 Å². The van der Waals surface area contributed by atoms with Crippen LogP contribution < -0.4 is 0 Å². The highest BCUT2D eigenvalue weighted by atomic mass is 79.9. The first kappa shape index (κ1) is 18.9. The first-order chi connectivity index (χ1) is 12.6. The minimum atomic E-state index is 0.181. The Balaban J connectivity index is 1.48. The Bertz CT molecular complexity index is 863. The average molecular weight is 430 g/mol. The summed E-state index contributed by atoms with van der Waals surface area (Å²) in [5.74, 6) is 1.98. The molecule has 0 aliphatic heterocycles. The number of ketones is 1. The van der Waals surface area contributed by atoms with Crippen LogP contribution in [0.15, 0.2) is 64.2 Å². The summed E-state index contributed by atoms with van der Waals surface area (Å²) in [6, 6.07) is 17.8. The Hall–Kier alpha value is -1.92. The van der Waals surface area contributed by atoms with Gasteiger partial charge in [-0.2, -0.15) is 0 Å². The molecule has 0 spiro atoms. The number of hydrogen-bond donors (Lipinski definition) is 0. The number of benzene rings is 2. The third-order valence-corrected chi connectivity index (χ3v) is 5.71. The fourth-order valence-corrected chi connectivity index (χ4v) is 3.71. The molecule has 0 N–H and O–H groups in total. The van der Waals surface area contributed by atoms with Gasteiger partial charge in [0.25, 0.3) is 0 Å². The van der Waals surface area contributed by atoms with Crippen molar-refractivity contribution >= 4 is 33.5 Å². The van der Waals surface area contributed by atoms with Crippen LogP contribution in [-0.4, -0.2) is 26.3 Å². The molecular formula is C20H20BrN3OS. The molecule has 0 amide bonds. The van der Waals surface area contributed by atoms with E-state index in [1.807, 2.05) is 54.1 Å². The van der Waals surface area contributed by atoms with Gasteiger partial charge in [-0.1, -0.05) is 70.2 Å². The topological polar surface area (TPSA) is 47.8 Å². The molecule has 0 unspecified atom stereocenters. The van der Waals surface area contributed by atoms with E-state index in [0.29, 0.717) is 6.42 Å². The quantitative estimate of drug-likeness (QED) is 0.289. The summed E-state index contributed by atoms with van der Waals surface area (Å²) < 4.78 is 3.02. The standard InChI is InChI=1S/C20H20BrN3OS/c1-24-19(14-15-6-3-2-4-7-15)22-23-20(24)26-13-5-8-18(25)16-9-11-17(21)12-10-16/h2-4,6-7,9-12H,5,8,13-14H2,1H3. The largest absolute Gasteiger partial charge is 0.309 e. The fraction of sp³-hybridized carbons (Fsp3) is 0.250. The van der Waals surface area contributed by atoms with Crippen molar-refractivity contribution in [3.8, 4) is 0 Å². The Labute approximate surface area is 166 Å². The van der Waals surface area contributed by atoms with Crippen molar-refractivity contribution in [1.82, 2.24) is 14.8 Å². The molecule has 134 valence electrons. The van der Waals surface area contributed by atoms with E-state index in [4.69, 9.17) is 0 Å². The molecule has 0 atom stereocenters. The predicted molar refractivity (Wildman–Crippen MR) is 109 cm³/mol. The van der Waals surface area contributed by atoms with Crippen molar-refractivity contribution in [2.45, 2.75) is 24.4 Å². The third kappa shape index (κ3) is 5.05. The molecule has 0 aliphatic rings. The van der Waals surface area contributed by atoms with E-state index in [-0.39, 0.29) is 5.78 Å². The van der Waals surface area contributed by atoms with Crippen molar-refractivity contribution < 1.29 is 4.79 Å². The summed E-state index contributed by atoms with van der Waals surface area (Å²) in [6.07, 6.45) is 2.14. The van der Waals surface area contributed by atoms with Crippen LogP contribution in [0.25, 0.3) is 0 Å². The summed E-state index contributed by atoms with van der Waals surface area (Å²) in [6.45, 7) is 0. The van der Waals surface area contributed by atoms with Crippen LogP contribution in [0, 0.1) is 0 Å². The summed E-state index contributed by atoms with van der Waals surface area (Å²) in [5, 5.41) is 9.48. The van der Waals surface area contributed by atoms with Crippen molar-refractivity contribution in [2.75, 3.05) is 5.75 Å². The number of thioether (sulfide) groups is 1. The van der Waals surface area contributed by atoms with Gasteiger partial charge in [0, 0.05) is 35.7 Å². The lowest BCUT2D eigenvalue weighted by Crippen LogP contribution is -2.01. The summed E-state index contributed by atoms with van der Waals surface area (Å²) in [7, 11) is 1.99. The van der Waals surface area contributed by atoms with Crippen LogP contribution in [0.3, 0.4) is 0 Å². The second-order valence-electron chi connectivity index (χ2n) is 6.00. The monoisotopic (exact) mass is 429 g/mol. The zero-order valence-electron chi connectivity index (χ0n) is 14.6. The molecule has 3 aromatic rings. The van der Waals surface area contributed by atoms with Crippen LogP contribution in [0.2, 0.25) is 0 Å². The molecule has 26 heavy (non-hydrogen) atoms. The number of nitrogens with zero attached hydrogens (tertiary/aromatic N) is 3. The van der Waals surface area contributed by atoms with Gasteiger partial charge in [-0.05, 0) is 24.1 Å². The van der Waals surface area contributed by atoms with Gasteiger partial charge in [0.05, 0.1) is 0 Å². The van der Waals surface area contributed by atoms with Gasteiger partial charge in [0.2, 0.25) is 0 Å². The van der Waals surface area contributed by atoms with Crippen molar-refractivity contribution in [1.29, 1.82) is 0 Å². The molecular weight excluding hydrogens is 410 g/mol. The van der Waals surface area contributed by atoms with Gasteiger partial charge in [-0.15, -0.1) is 10.2 Å². The van der Waals surface area contributed by atoms with Crippen molar-refractivity contribution in [2.24, 2.45) is 7.05 Å². The van der Waals surface area contributed by atoms with E-state index in [0.717, 1.165) is 39.6 Å². The Kier molecular flexibility index (Phi) is 6.63. The Morgan fingerprint density at radius 3 is 2.54 bits per heavy atom. The van der Waals surface area contributed by atoms with Gasteiger partial charge >= 0.3 is 0 Å². The number of aromatic nitrogens is 3. The van der Waals surface area contributed by atoms with E-state index >= 15 is 0 Å². The Morgan fingerprint density at radius 2 is 1.81 bits per heavy atom. The molecule has 0 fully saturated rings. The average Bonchev–Trinajstić information content (AvgIpc) is 3.00. The third-order valence-electron chi connectivity index (χ3n) is 4.08. The van der Waals surface area contributed by atoms with Crippen LogP contribution in [0.4, 0.5) is 0 Å². The number of hydrogen-bond acceptors (Lipinski definition) is 4. The molecule has 2 aromatic carbocycles. The number of Topliss-reactive ketones (excluding diaryl/α,β-unsaturated/α-hetero) is 1. The van der Waals surface area contributed by atoms with Gasteiger partial charge in [0.1, 0.15) is 5.82 Å². The van der Waals surface area contributed by atoms with Crippen molar-refractivity contribution in [3.63, 3.8) is 0 Å². The molecule has 6 heteroatoms. The zero-order valence-corrected chi connectivity index (χ0v) is 17.0. The lowest BCUT2D eigenvalue weighted by Gasteiger charge is -2.04. The van der Waals surface area contributed by atoms with Gasteiger partial charge in [-0.25, -0.2) is 0 Å². The number of rotatable bonds is 8. The summed E-state index contributed by atoms with van der Waals surface area (Å²) >= 11 is 5.03. The first-order valence-corrected chi connectivity index (χ1v) is 10.2. The first-order valence-electron chi connectivity index (χ1n) is 8.47. The molecule has 0 saturated carbocycles.